The number of pyridine rings is 1. The van der Waals surface area contributed by atoms with Crippen molar-refractivity contribution in [1.29, 1.82) is 0 Å². The van der Waals surface area contributed by atoms with Crippen LogP contribution in [0.1, 0.15) is 24.3 Å². The van der Waals surface area contributed by atoms with Crippen molar-refractivity contribution < 1.29 is 4.57 Å². The lowest BCUT2D eigenvalue weighted by molar-refractivity contribution is -0.645. The second-order valence-corrected chi connectivity index (χ2v) is 4.22. The lowest BCUT2D eigenvalue weighted by atomic mass is 10.1. The zero-order valence-corrected chi connectivity index (χ0v) is 8.40. The molecule has 0 spiro atoms. The molecule has 70 valence electrons. The molecule has 0 atom stereocenters. The minimum atomic E-state index is 0.839. The summed E-state index contributed by atoms with van der Waals surface area (Å²) in [6.45, 7) is 0. The maximum atomic E-state index is 2.34. The Morgan fingerprint density at radius 3 is 2.79 bits per heavy atom. The Kier molecular flexibility index (Phi) is 1.60. The Labute approximate surface area is 84.0 Å². The summed E-state index contributed by atoms with van der Waals surface area (Å²) < 4.78 is 2.24. The van der Waals surface area contributed by atoms with Gasteiger partial charge >= 0.3 is 0 Å². The summed E-state index contributed by atoms with van der Waals surface area (Å²) in [5.41, 5.74) is 2.82. The maximum Gasteiger partial charge on any atom is 0.212 e. The number of benzene rings is 1. The molecule has 1 saturated carbocycles. The molecular weight excluding hydrogens is 170 g/mol. The second-order valence-electron chi connectivity index (χ2n) is 4.22. The van der Waals surface area contributed by atoms with Crippen LogP contribution in [0.25, 0.3) is 10.9 Å². The van der Waals surface area contributed by atoms with Crippen LogP contribution in [0.15, 0.2) is 36.5 Å². The van der Waals surface area contributed by atoms with Crippen molar-refractivity contribution in [1.82, 2.24) is 0 Å². The summed E-state index contributed by atoms with van der Waals surface area (Å²) in [5, 5.41) is 1.36. The summed E-state index contributed by atoms with van der Waals surface area (Å²) in [6, 6.07) is 10.9. The molecule has 1 heteroatoms. The quantitative estimate of drug-likeness (QED) is 0.600. The topological polar surface area (TPSA) is 3.88 Å². The standard InChI is InChI=1S/C13H14N/c1-14-9-12(10-6-7-10)8-11-4-2-3-5-13(11)14/h2-5,8-10H,6-7H2,1H3/q+1. The van der Waals surface area contributed by atoms with Gasteiger partial charge in [-0.3, -0.25) is 0 Å². The van der Waals surface area contributed by atoms with Gasteiger partial charge in [-0.1, -0.05) is 12.1 Å². The largest absolute Gasteiger partial charge is 0.212 e. The molecule has 1 aromatic carbocycles. The number of para-hydroxylation sites is 1. The molecule has 1 aliphatic rings. The van der Waals surface area contributed by atoms with Gasteiger partial charge in [0.25, 0.3) is 0 Å². The van der Waals surface area contributed by atoms with Crippen molar-refractivity contribution in [2.45, 2.75) is 18.8 Å². The van der Waals surface area contributed by atoms with Crippen molar-refractivity contribution >= 4 is 10.9 Å². The molecule has 0 bridgehead atoms. The third-order valence-corrected chi connectivity index (χ3v) is 3.03. The molecule has 1 aromatic heterocycles. The Morgan fingerprint density at radius 1 is 1.21 bits per heavy atom. The zero-order valence-electron chi connectivity index (χ0n) is 8.40. The predicted molar refractivity (Wildman–Crippen MR) is 57.1 cm³/mol. The van der Waals surface area contributed by atoms with Gasteiger partial charge in [-0.15, -0.1) is 0 Å². The van der Waals surface area contributed by atoms with Crippen molar-refractivity contribution in [3.63, 3.8) is 0 Å². The first kappa shape index (κ1) is 7.98. The van der Waals surface area contributed by atoms with Gasteiger partial charge in [-0.05, 0) is 30.9 Å². The van der Waals surface area contributed by atoms with Gasteiger partial charge in [0, 0.05) is 17.0 Å². The third kappa shape index (κ3) is 1.20. The molecule has 1 nitrogen and oxygen atoms in total. The van der Waals surface area contributed by atoms with Gasteiger partial charge in [0.2, 0.25) is 5.52 Å². The first-order valence-electron chi connectivity index (χ1n) is 5.23. The lowest BCUT2D eigenvalue weighted by Gasteiger charge is -2.00. The van der Waals surface area contributed by atoms with Crippen molar-refractivity contribution in [3.05, 3.63) is 42.1 Å². The molecule has 0 aliphatic heterocycles. The van der Waals surface area contributed by atoms with Crippen LogP contribution in [0.3, 0.4) is 0 Å². The SMILES string of the molecule is C[n+]1cc(C2CC2)cc2ccccc21. The molecule has 14 heavy (non-hydrogen) atoms. The fourth-order valence-electron chi connectivity index (χ4n) is 2.08. The van der Waals surface area contributed by atoms with E-state index in [1.807, 2.05) is 0 Å². The molecular formula is C13H14N+. The lowest BCUT2D eigenvalue weighted by Crippen LogP contribution is -2.28. The normalized spacial score (nSPS) is 16.1. The molecule has 1 heterocycles. The molecule has 1 fully saturated rings. The molecule has 0 radical (unpaired) electrons. The highest BCUT2D eigenvalue weighted by molar-refractivity contribution is 5.76. The molecule has 0 N–H and O–H groups in total. The summed E-state index contributed by atoms with van der Waals surface area (Å²) in [7, 11) is 2.13. The summed E-state index contributed by atoms with van der Waals surface area (Å²) in [6.07, 6.45) is 5.02. The van der Waals surface area contributed by atoms with Crippen LogP contribution in [0.4, 0.5) is 0 Å². The Hall–Kier alpha value is -1.37. The number of aryl methyl sites for hydroxylation is 1. The summed E-state index contributed by atoms with van der Waals surface area (Å²) in [5.74, 6) is 0.839. The van der Waals surface area contributed by atoms with E-state index in [2.05, 4.69) is 48.1 Å². The number of hydrogen-bond donors (Lipinski definition) is 0. The van der Waals surface area contributed by atoms with Gasteiger partial charge in [-0.2, -0.15) is 0 Å². The van der Waals surface area contributed by atoms with Gasteiger partial charge in [-0.25, -0.2) is 4.57 Å². The maximum absolute atomic E-state index is 2.34. The number of fused-ring (bicyclic) bond motifs is 1. The first-order valence-corrected chi connectivity index (χ1v) is 5.23. The van der Waals surface area contributed by atoms with Gasteiger partial charge < -0.3 is 0 Å². The van der Waals surface area contributed by atoms with E-state index >= 15 is 0 Å². The third-order valence-electron chi connectivity index (χ3n) is 3.03. The van der Waals surface area contributed by atoms with E-state index in [1.54, 1.807) is 0 Å². The monoisotopic (exact) mass is 184 g/mol. The first-order chi connectivity index (χ1) is 6.84. The number of aromatic nitrogens is 1. The average Bonchev–Trinajstić information content (AvgIpc) is 3.01. The Bertz CT molecular complexity index is 484. The van der Waals surface area contributed by atoms with Gasteiger partial charge in [0.1, 0.15) is 7.05 Å². The van der Waals surface area contributed by atoms with Gasteiger partial charge in [0.15, 0.2) is 6.20 Å². The molecule has 0 amide bonds. The predicted octanol–water partition coefficient (Wildman–Crippen LogP) is 2.54. The van der Waals surface area contributed by atoms with Crippen LogP contribution >= 0.6 is 0 Å². The highest BCUT2D eigenvalue weighted by Crippen LogP contribution is 2.40. The smallest absolute Gasteiger partial charge is 0.201 e. The van der Waals surface area contributed by atoms with Crippen LogP contribution < -0.4 is 4.57 Å². The van der Waals surface area contributed by atoms with Crippen LogP contribution in [-0.2, 0) is 7.05 Å². The van der Waals surface area contributed by atoms with E-state index in [4.69, 9.17) is 0 Å². The zero-order chi connectivity index (χ0) is 9.54. The number of rotatable bonds is 1. The van der Waals surface area contributed by atoms with Crippen molar-refractivity contribution in [2.75, 3.05) is 0 Å². The van der Waals surface area contributed by atoms with E-state index in [0.29, 0.717) is 0 Å². The second kappa shape index (κ2) is 2.81. The van der Waals surface area contributed by atoms with Crippen molar-refractivity contribution in [3.8, 4) is 0 Å². The fraction of sp³-hybridized carbons (Fsp3) is 0.308. The minimum absolute atomic E-state index is 0.839. The van der Waals surface area contributed by atoms with Crippen LogP contribution in [0.5, 0.6) is 0 Å². The van der Waals surface area contributed by atoms with Gasteiger partial charge in [0.05, 0.1) is 0 Å². The summed E-state index contributed by atoms with van der Waals surface area (Å²) >= 11 is 0. The fourth-order valence-corrected chi connectivity index (χ4v) is 2.08. The molecule has 1 aliphatic carbocycles. The highest BCUT2D eigenvalue weighted by atomic mass is 14.9. The molecule has 3 rings (SSSR count). The molecule has 0 saturated heterocycles. The highest BCUT2D eigenvalue weighted by Gasteiger charge is 2.26. The molecule has 2 aromatic rings. The van der Waals surface area contributed by atoms with E-state index < -0.39 is 0 Å². The van der Waals surface area contributed by atoms with Crippen LogP contribution in [-0.4, -0.2) is 0 Å². The number of hydrogen-bond acceptors (Lipinski definition) is 0. The average molecular weight is 184 g/mol. The number of nitrogens with zero attached hydrogens (tertiary/aromatic N) is 1. The van der Waals surface area contributed by atoms with E-state index in [-0.39, 0.29) is 0 Å². The molecule has 0 unspecified atom stereocenters. The van der Waals surface area contributed by atoms with Crippen LogP contribution in [0.2, 0.25) is 0 Å². The van der Waals surface area contributed by atoms with Crippen molar-refractivity contribution in [2.24, 2.45) is 7.05 Å². The summed E-state index contributed by atoms with van der Waals surface area (Å²) in [4.78, 5) is 0. The van der Waals surface area contributed by atoms with Crippen LogP contribution in [0, 0.1) is 0 Å². The Balaban J connectivity index is 2.27. The van der Waals surface area contributed by atoms with E-state index in [1.165, 1.54) is 29.3 Å². The van der Waals surface area contributed by atoms with E-state index in [9.17, 15) is 0 Å². The minimum Gasteiger partial charge on any atom is -0.201 e. The Morgan fingerprint density at radius 2 is 2.00 bits per heavy atom. The van der Waals surface area contributed by atoms with E-state index in [0.717, 1.165) is 5.92 Å².